The number of rotatable bonds is 5. The molecule has 4 rings (SSSR count). The van der Waals surface area contributed by atoms with Gasteiger partial charge in [0.15, 0.2) is 12.5 Å². The van der Waals surface area contributed by atoms with Crippen molar-refractivity contribution in [2.45, 2.75) is 32.6 Å². The number of nitrogens with zero attached hydrogens (tertiary/aromatic N) is 3. The van der Waals surface area contributed by atoms with Gasteiger partial charge in [-0.05, 0) is 30.6 Å². The van der Waals surface area contributed by atoms with Gasteiger partial charge in [-0.3, -0.25) is 4.57 Å². The summed E-state index contributed by atoms with van der Waals surface area (Å²) in [5.41, 5.74) is 2.57. The van der Waals surface area contributed by atoms with Gasteiger partial charge in [-0.1, -0.05) is 36.4 Å². The Hall–Kier alpha value is -2.02. The Bertz CT molecular complexity index is 967. The summed E-state index contributed by atoms with van der Waals surface area (Å²) in [6.07, 6.45) is 3.02. The molecule has 0 saturated heterocycles. The topological polar surface area (TPSA) is 27.2 Å². The fourth-order valence-corrected chi connectivity index (χ4v) is 4.94. The number of aromatic nitrogens is 3. The van der Waals surface area contributed by atoms with Crippen LogP contribution in [-0.2, 0) is 19.6 Å². The van der Waals surface area contributed by atoms with Crippen LogP contribution in [-0.4, -0.2) is 20.9 Å². The second-order valence-electron chi connectivity index (χ2n) is 6.71. The Morgan fingerprint density at radius 1 is 1.35 bits per heavy atom. The second kappa shape index (κ2) is 7.31. The van der Waals surface area contributed by atoms with Gasteiger partial charge in [0.05, 0.1) is 6.54 Å². The fourth-order valence-electron chi connectivity index (χ4n) is 3.70. The van der Waals surface area contributed by atoms with Gasteiger partial charge in [-0.15, -0.1) is 23.0 Å². The zero-order valence-corrected chi connectivity index (χ0v) is 16.5. The van der Waals surface area contributed by atoms with Gasteiger partial charge in [0.2, 0.25) is 4.77 Å². The highest BCUT2D eigenvalue weighted by Gasteiger charge is 2.29. The first-order chi connectivity index (χ1) is 12.7. The highest BCUT2D eigenvalue weighted by Crippen LogP contribution is 2.25. The van der Waals surface area contributed by atoms with Crippen LogP contribution in [0.1, 0.15) is 23.4 Å². The average Bonchev–Trinajstić information content (AvgIpc) is 3.26. The van der Waals surface area contributed by atoms with Gasteiger partial charge < -0.3 is 4.90 Å². The van der Waals surface area contributed by atoms with Crippen molar-refractivity contribution in [2.75, 3.05) is 6.54 Å². The summed E-state index contributed by atoms with van der Waals surface area (Å²) in [5, 5.41) is 7.09. The number of allylic oxidation sites excluding steroid dienone is 1. The molecular formula is C20H23N4S2+. The lowest BCUT2D eigenvalue weighted by molar-refractivity contribution is -0.954. The van der Waals surface area contributed by atoms with E-state index in [4.69, 9.17) is 17.3 Å². The van der Waals surface area contributed by atoms with E-state index in [1.165, 1.54) is 15.3 Å². The summed E-state index contributed by atoms with van der Waals surface area (Å²) in [4.78, 5) is 3.04. The maximum absolute atomic E-state index is 5.75. The molecule has 2 atom stereocenters. The van der Waals surface area contributed by atoms with Crippen LogP contribution in [0.2, 0.25) is 0 Å². The summed E-state index contributed by atoms with van der Waals surface area (Å²) < 4.78 is 4.83. The van der Waals surface area contributed by atoms with Crippen molar-refractivity contribution in [1.82, 2.24) is 14.3 Å². The van der Waals surface area contributed by atoms with Crippen molar-refractivity contribution in [3.8, 4) is 11.4 Å². The molecule has 134 valence electrons. The molecular weight excluding hydrogens is 360 g/mol. The van der Waals surface area contributed by atoms with Crippen LogP contribution in [0.15, 0.2) is 54.4 Å². The molecule has 1 aromatic carbocycles. The van der Waals surface area contributed by atoms with Crippen LogP contribution in [0.25, 0.3) is 11.4 Å². The molecule has 1 aliphatic heterocycles. The molecule has 0 saturated carbocycles. The van der Waals surface area contributed by atoms with Crippen LogP contribution in [0.3, 0.4) is 0 Å². The smallest absolute Gasteiger partial charge is 0.203 e. The summed E-state index contributed by atoms with van der Waals surface area (Å²) >= 11 is 7.63. The van der Waals surface area contributed by atoms with E-state index in [9.17, 15) is 0 Å². The van der Waals surface area contributed by atoms with E-state index in [2.05, 4.69) is 41.6 Å². The lowest BCUT2D eigenvalue weighted by Gasteiger charge is -2.30. The molecule has 1 N–H and O–H groups in total. The van der Waals surface area contributed by atoms with Crippen LogP contribution >= 0.6 is 23.6 Å². The third-order valence-corrected chi connectivity index (χ3v) is 6.58. The lowest BCUT2D eigenvalue weighted by Crippen LogP contribution is -3.12. The molecule has 6 heteroatoms. The highest BCUT2D eigenvalue weighted by molar-refractivity contribution is 7.71. The van der Waals surface area contributed by atoms with Gasteiger partial charge >= 0.3 is 0 Å². The summed E-state index contributed by atoms with van der Waals surface area (Å²) in [5.74, 6) is 0.913. The van der Waals surface area contributed by atoms with E-state index in [0.717, 1.165) is 35.8 Å². The number of quaternary nitrogens is 1. The largest absolute Gasteiger partial charge is 0.310 e. The van der Waals surface area contributed by atoms with Gasteiger partial charge in [0.1, 0.15) is 6.04 Å². The molecule has 0 fully saturated rings. The first-order valence-electron chi connectivity index (χ1n) is 8.94. The summed E-state index contributed by atoms with van der Waals surface area (Å²) in [7, 11) is 0. The predicted octanol–water partition coefficient (Wildman–Crippen LogP) is 3.49. The van der Waals surface area contributed by atoms with Crippen LogP contribution in [0.5, 0.6) is 0 Å². The van der Waals surface area contributed by atoms with E-state index in [1.54, 1.807) is 0 Å². The second-order valence-corrected chi connectivity index (χ2v) is 8.07. The number of benzene rings is 1. The van der Waals surface area contributed by atoms with Crippen molar-refractivity contribution in [1.29, 1.82) is 0 Å². The van der Waals surface area contributed by atoms with Crippen LogP contribution < -0.4 is 4.90 Å². The van der Waals surface area contributed by atoms with Crippen LogP contribution in [0.4, 0.5) is 0 Å². The fraction of sp³-hybridized carbons (Fsp3) is 0.300. The van der Waals surface area contributed by atoms with Crippen molar-refractivity contribution in [3.05, 3.63) is 69.6 Å². The molecule has 0 spiro atoms. The summed E-state index contributed by atoms with van der Waals surface area (Å²) in [6.45, 7) is 8.76. The van der Waals surface area contributed by atoms with Gasteiger partial charge in [-0.25, -0.2) is 0 Å². The highest BCUT2D eigenvalue weighted by atomic mass is 32.1. The Labute approximate surface area is 163 Å². The van der Waals surface area contributed by atoms with Gasteiger partial charge in [0.25, 0.3) is 0 Å². The Morgan fingerprint density at radius 3 is 2.92 bits per heavy atom. The molecule has 3 heterocycles. The zero-order chi connectivity index (χ0) is 18.1. The monoisotopic (exact) mass is 383 g/mol. The number of hydrogen-bond donors (Lipinski definition) is 1. The van der Waals surface area contributed by atoms with Crippen molar-refractivity contribution in [3.63, 3.8) is 0 Å². The van der Waals surface area contributed by atoms with E-state index in [1.807, 2.05) is 40.3 Å². The number of hydrogen-bond acceptors (Lipinski definition) is 3. The normalized spacial score (nSPS) is 19.3. The quantitative estimate of drug-likeness (QED) is 0.539. The maximum Gasteiger partial charge on any atom is 0.203 e. The average molecular weight is 384 g/mol. The van der Waals surface area contributed by atoms with Crippen molar-refractivity contribution in [2.24, 2.45) is 0 Å². The molecule has 0 radical (unpaired) electrons. The van der Waals surface area contributed by atoms with E-state index < -0.39 is 0 Å². The molecule has 0 aliphatic carbocycles. The molecule has 0 amide bonds. The predicted molar refractivity (Wildman–Crippen MR) is 109 cm³/mol. The molecule has 0 bridgehead atoms. The molecule has 1 aliphatic rings. The molecule has 2 aromatic heterocycles. The van der Waals surface area contributed by atoms with E-state index in [-0.39, 0.29) is 0 Å². The molecule has 4 nitrogen and oxygen atoms in total. The van der Waals surface area contributed by atoms with E-state index in [0.29, 0.717) is 12.6 Å². The van der Waals surface area contributed by atoms with Gasteiger partial charge in [-0.2, -0.15) is 4.68 Å². The molecule has 1 unspecified atom stereocenters. The van der Waals surface area contributed by atoms with E-state index >= 15 is 0 Å². The van der Waals surface area contributed by atoms with Crippen LogP contribution in [0, 0.1) is 4.77 Å². The maximum atomic E-state index is 5.75. The Kier molecular flexibility index (Phi) is 4.89. The number of nitrogens with one attached hydrogen (secondary N) is 1. The molecule has 3 aromatic rings. The number of thiophene rings is 1. The van der Waals surface area contributed by atoms with Crippen molar-refractivity contribution < 1.29 is 4.90 Å². The first kappa shape index (κ1) is 17.4. The summed E-state index contributed by atoms with van der Waals surface area (Å²) in [6, 6.07) is 13.0. The minimum atomic E-state index is 0.469. The Balaban J connectivity index is 1.67. The third-order valence-electron chi connectivity index (χ3n) is 5.15. The Morgan fingerprint density at radius 2 is 2.15 bits per heavy atom. The van der Waals surface area contributed by atoms with Gasteiger partial charge in [0, 0.05) is 29.0 Å². The SMILES string of the molecule is C=CCn1c(-c2ccccc2)nn(C[NH+]2CCc3sccc3[C@H]2C)c1=S. The standard InChI is InChI=1S/C20H22N4S2/c1-3-11-23-19(16-7-5-4-6-8-16)21-24(20(23)25)14-22-12-9-18-17(15(22)2)10-13-26-18/h3-8,10,13,15H,1,9,11-12,14H2,2H3/p+1/t15-/m1/s1. The molecule has 26 heavy (non-hydrogen) atoms. The minimum absolute atomic E-state index is 0.469. The minimum Gasteiger partial charge on any atom is -0.310 e. The zero-order valence-electron chi connectivity index (χ0n) is 14.9. The van der Waals surface area contributed by atoms with Crippen molar-refractivity contribution >= 4 is 23.6 Å². The lowest BCUT2D eigenvalue weighted by atomic mass is 10.0. The first-order valence-corrected chi connectivity index (χ1v) is 10.2. The number of fused-ring (bicyclic) bond motifs is 1. The third kappa shape index (κ3) is 3.09.